The van der Waals surface area contributed by atoms with Gasteiger partial charge in [0.2, 0.25) is 0 Å². The third kappa shape index (κ3) is 2.25. The van der Waals surface area contributed by atoms with Crippen LogP contribution >= 0.6 is 0 Å². The highest BCUT2D eigenvalue weighted by Gasteiger charge is 2.23. The number of morpholine rings is 1. The molecule has 2 rings (SSSR count). The molecule has 1 aromatic carbocycles. The van der Waals surface area contributed by atoms with Gasteiger partial charge < -0.3 is 15.0 Å². The standard InChI is InChI=1S/C13H17N2O/c1-10-8-15(9-11(2)16-10)13-6-4-3-5-12(13)7-14/h3-4,6-7,10-11,14H,8-9H2,1-2H3/t10-,11+. The molecule has 1 aliphatic heterocycles. The molecular formula is C13H17N2O. The molecule has 1 aliphatic rings. The molecule has 1 radical (unpaired) electrons. The zero-order valence-corrected chi connectivity index (χ0v) is 9.73. The van der Waals surface area contributed by atoms with Crippen LogP contribution in [0.3, 0.4) is 0 Å². The number of benzene rings is 1. The molecule has 3 nitrogen and oxygen atoms in total. The van der Waals surface area contributed by atoms with Crippen molar-refractivity contribution in [1.82, 2.24) is 0 Å². The van der Waals surface area contributed by atoms with Crippen LogP contribution in [0.15, 0.2) is 18.2 Å². The summed E-state index contributed by atoms with van der Waals surface area (Å²) in [6.07, 6.45) is 1.84. The van der Waals surface area contributed by atoms with E-state index in [0.29, 0.717) is 0 Å². The Labute approximate surface area is 96.5 Å². The van der Waals surface area contributed by atoms with Gasteiger partial charge in [-0.1, -0.05) is 12.1 Å². The van der Waals surface area contributed by atoms with E-state index in [0.717, 1.165) is 24.3 Å². The number of hydrogen-bond acceptors (Lipinski definition) is 3. The Balaban J connectivity index is 2.25. The van der Waals surface area contributed by atoms with E-state index in [4.69, 9.17) is 10.1 Å². The van der Waals surface area contributed by atoms with Gasteiger partial charge in [-0.25, -0.2) is 0 Å². The number of nitrogens with one attached hydrogen (secondary N) is 1. The zero-order chi connectivity index (χ0) is 11.5. The van der Waals surface area contributed by atoms with Crippen LogP contribution in [0.2, 0.25) is 0 Å². The van der Waals surface area contributed by atoms with Crippen LogP contribution in [0.4, 0.5) is 5.69 Å². The summed E-state index contributed by atoms with van der Waals surface area (Å²) in [4.78, 5) is 2.27. The third-order valence-corrected chi connectivity index (χ3v) is 2.77. The van der Waals surface area contributed by atoms with Crippen LogP contribution in [-0.2, 0) is 4.74 Å². The van der Waals surface area contributed by atoms with Crippen LogP contribution in [0.1, 0.15) is 19.4 Å². The minimum atomic E-state index is 0.238. The second-order valence-corrected chi connectivity index (χ2v) is 4.28. The fourth-order valence-corrected chi connectivity index (χ4v) is 2.21. The molecule has 0 unspecified atom stereocenters. The molecule has 0 spiro atoms. The van der Waals surface area contributed by atoms with Crippen molar-refractivity contribution in [3.05, 3.63) is 29.8 Å². The molecule has 1 heterocycles. The fraction of sp³-hybridized carbons (Fsp3) is 0.462. The highest BCUT2D eigenvalue weighted by molar-refractivity contribution is 5.85. The van der Waals surface area contributed by atoms with E-state index in [-0.39, 0.29) is 12.2 Å². The summed E-state index contributed by atoms with van der Waals surface area (Å²) in [7, 11) is 0. The van der Waals surface area contributed by atoms with Crippen LogP contribution in [0.25, 0.3) is 0 Å². The second kappa shape index (κ2) is 4.66. The van der Waals surface area contributed by atoms with Gasteiger partial charge >= 0.3 is 0 Å². The lowest BCUT2D eigenvalue weighted by molar-refractivity contribution is -0.00522. The van der Waals surface area contributed by atoms with E-state index in [1.807, 2.05) is 18.2 Å². The summed E-state index contributed by atoms with van der Waals surface area (Å²) >= 11 is 0. The van der Waals surface area contributed by atoms with Crippen LogP contribution in [0.5, 0.6) is 0 Å². The lowest BCUT2D eigenvalue weighted by Crippen LogP contribution is -2.45. The molecule has 3 heteroatoms. The normalized spacial score (nSPS) is 25.5. The van der Waals surface area contributed by atoms with E-state index in [9.17, 15) is 0 Å². The van der Waals surface area contributed by atoms with E-state index in [2.05, 4.69) is 24.8 Å². The van der Waals surface area contributed by atoms with Crippen molar-refractivity contribution in [3.8, 4) is 0 Å². The minimum Gasteiger partial charge on any atom is -0.372 e. The van der Waals surface area contributed by atoms with Crippen LogP contribution in [0, 0.1) is 11.5 Å². The quantitative estimate of drug-likeness (QED) is 0.770. The van der Waals surface area contributed by atoms with E-state index < -0.39 is 0 Å². The van der Waals surface area contributed by atoms with Crippen molar-refractivity contribution in [1.29, 1.82) is 5.41 Å². The molecule has 0 saturated carbocycles. The SMILES string of the molecule is C[C@@H]1CN(c2ccc[c]c2C=N)C[C@H](C)O1. The van der Waals surface area contributed by atoms with Gasteiger partial charge in [0.05, 0.1) is 12.2 Å². The molecule has 1 aromatic rings. The highest BCUT2D eigenvalue weighted by Crippen LogP contribution is 2.22. The molecule has 1 N–H and O–H groups in total. The van der Waals surface area contributed by atoms with Crippen molar-refractivity contribution >= 4 is 11.9 Å². The Kier molecular flexibility index (Phi) is 3.25. The highest BCUT2D eigenvalue weighted by atomic mass is 16.5. The lowest BCUT2D eigenvalue weighted by atomic mass is 10.1. The Bertz CT molecular complexity index is 368. The van der Waals surface area contributed by atoms with E-state index >= 15 is 0 Å². The molecular weight excluding hydrogens is 200 g/mol. The van der Waals surface area contributed by atoms with Crippen molar-refractivity contribution in [2.24, 2.45) is 0 Å². The van der Waals surface area contributed by atoms with E-state index in [1.165, 1.54) is 6.21 Å². The molecule has 2 atom stereocenters. The largest absolute Gasteiger partial charge is 0.372 e. The molecule has 0 bridgehead atoms. The van der Waals surface area contributed by atoms with Gasteiger partial charge in [0, 0.05) is 30.6 Å². The molecule has 85 valence electrons. The van der Waals surface area contributed by atoms with Gasteiger partial charge in [0.1, 0.15) is 0 Å². The first kappa shape index (κ1) is 11.1. The predicted molar refractivity (Wildman–Crippen MR) is 65.4 cm³/mol. The second-order valence-electron chi connectivity index (χ2n) is 4.28. The van der Waals surface area contributed by atoms with Crippen molar-refractivity contribution in [2.45, 2.75) is 26.1 Å². The molecule has 0 amide bonds. The number of nitrogens with zero attached hydrogens (tertiary/aromatic N) is 1. The zero-order valence-electron chi connectivity index (χ0n) is 9.73. The first-order valence-corrected chi connectivity index (χ1v) is 5.62. The first-order valence-electron chi connectivity index (χ1n) is 5.62. The summed E-state index contributed by atoms with van der Waals surface area (Å²) < 4.78 is 5.70. The van der Waals surface area contributed by atoms with Gasteiger partial charge in [0.15, 0.2) is 0 Å². The summed E-state index contributed by atoms with van der Waals surface area (Å²) in [6.45, 7) is 5.92. The molecule has 1 saturated heterocycles. The van der Waals surface area contributed by atoms with Crippen LogP contribution in [-0.4, -0.2) is 31.5 Å². The van der Waals surface area contributed by atoms with Gasteiger partial charge in [-0.2, -0.15) is 0 Å². The van der Waals surface area contributed by atoms with Gasteiger partial charge in [-0.05, 0) is 26.0 Å². The molecule has 0 aromatic heterocycles. The molecule has 1 fully saturated rings. The number of anilines is 1. The number of hydrogen-bond donors (Lipinski definition) is 1. The summed E-state index contributed by atoms with van der Waals surface area (Å²) in [5, 5.41) is 7.39. The third-order valence-electron chi connectivity index (χ3n) is 2.77. The Morgan fingerprint density at radius 2 is 2.12 bits per heavy atom. The van der Waals surface area contributed by atoms with Gasteiger partial charge in [0.25, 0.3) is 0 Å². The maximum atomic E-state index is 7.39. The topological polar surface area (TPSA) is 36.3 Å². The first-order chi connectivity index (χ1) is 7.70. The minimum absolute atomic E-state index is 0.238. The number of rotatable bonds is 2. The summed E-state index contributed by atoms with van der Waals surface area (Å²) in [6, 6.07) is 8.94. The Morgan fingerprint density at radius 3 is 2.75 bits per heavy atom. The van der Waals surface area contributed by atoms with Crippen molar-refractivity contribution < 1.29 is 4.74 Å². The Hall–Kier alpha value is -1.35. The molecule has 0 aliphatic carbocycles. The summed E-state index contributed by atoms with van der Waals surface area (Å²) in [5.74, 6) is 0. The smallest absolute Gasteiger partial charge is 0.0726 e. The molecule has 16 heavy (non-hydrogen) atoms. The van der Waals surface area contributed by atoms with Gasteiger partial charge in [-0.3, -0.25) is 0 Å². The fourth-order valence-electron chi connectivity index (χ4n) is 2.21. The average Bonchev–Trinajstić information content (AvgIpc) is 2.27. The maximum absolute atomic E-state index is 7.39. The predicted octanol–water partition coefficient (Wildman–Crippen LogP) is 2.10. The number of ether oxygens (including phenoxy) is 1. The monoisotopic (exact) mass is 217 g/mol. The Morgan fingerprint density at radius 1 is 1.44 bits per heavy atom. The van der Waals surface area contributed by atoms with Crippen LogP contribution < -0.4 is 4.90 Å². The summed E-state index contributed by atoms with van der Waals surface area (Å²) in [5.41, 5.74) is 1.93. The van der Waals surface area contributed by atoms with Crippen molar-refractivity contribution in [2.75, 3.05) is 18.0 Å². The lowest BCUT2D eigenvalue weighted by Gasteiger charge is -2.37. The van der Waals surface area contributed by atoms with E-state index in [1.54, 1.807) is 0 Å². The van der Waals surface area contributed by atoms with Gasteiger partial charge in [-0.15, -0.1) is 0 Å². The maximum Gasteiger partial charge on any atom is 0.0726 e. The average molecular weight is 217 g/mol. The van der Waals surface area contributed by atoms with Crippen molar-refractivity contribution in [3.63, 3.8) is 0 Å².